The summed E-state index contributed by atoms with van der Waals surface area (Å²) in [7, 11) is 0. The molecular formula is C27H38O6. The van der Waals surface area contributed by atoms with Crippen LogP contribution in [0.15, 0.2) is 48.1 Å². The van der Waals surface area contributed by atoms with E-state index in [0.29, 0.717) is 5.57 Å². The maximum absolute atomic E-state index is 10.8. The van der Waals surface area contributed by atoms with Crippen molar-refractivity contribution in [2.75, 3.05) is 0 Å². The molecule has 6 nitrogen and oxygen atoms in total. The van der Waals surface area contributed by atoms with Crippen molar-refractivity contribution in [3.8, 4) is 0 Å². The Morgan fingerprint density at radius 2 is 1.30 bits per heavy atom. The molecule has 182 valence electrons. The summed E-state index contributed by atoms with van der Waals surface area (Å²) in [5.41, 5.74) is 3.04. The summed E-state index contributed by atoms with van der Waals surface area (Å²) in [5, 5.41) is 26.3. The average molecular weight is 459 g/mol. The SMILES string of the molecule is O=C(O)/C=C(\C=C\CCCCCCc1cccc(CCCCCCCC(=O)O)c1)CC(=O)O. The van der Waals surface area contributed by atoms with Gasteiger partial charge in [-0.05, 0) is 61.6 Å². The van der Waals surface area contributed by atoms with Crippen LogP contribution in [0.25, 0.3) is 0 Å². The Hall–Kier alpha value is -2.89. The maximum Gasteiger partial charge on any atom is 0.328 e. The van der Waals surface area contributed by atoms with E-state index < -0.39 is 17.9 Å². The standard InChI is InChI=1S/C27H38O6/c28-25(29)18-11-7-3-6-9-14-23-17-12-16-22(19-23)13-8-4-1-2-5-10-15-24(20-26(30)31)21-27(32)33/h10,12,15-17,19-20H,1-9,11,13-14,18,21H2,(H,28,29)(H,30,31)(H,32,33)/b15-10+,24-20+. The smallest absolute Gasteiger partial charge is 0.328 e. The van der Waals surface area contributed by atoms with Gasteiger partial charge < -0.3 is 15.3 Å². The number of benzene rings is 1. The minimum absolute atomic E-state index is 0.274. The van der Waals surface area contributed by atoms with Gasteiger partial charge in [0.15, 0.2) is 0 Å². The molecule has 0 radical (unpaired) electrons. The molecule has 0 spiro atoms. The van der Waals surface area contributed by atoms with Crippen molar-refractivity contribution in [3.05, 3.63) is 59.2 Å². The van der Waals surface area contributed by atoms with Gasteiger partial charge >= 0.3 is 17.9 Å². The van der Waals surface area contributed by atoms with Crippen LogP contribution in [0.3, 0.4) is 0 Å². The minimum atomic E-state index is -1.13. The molecule has 1 rings (SSSR count). The summed E-state index contributed by atoms with van der Waals surface area (Å²) in [5.74, 6) is -2.88. The van der Waals surface area contributed by atoms with Gasteiger partial charge in [-0.15, -0.1) is 0 Å². The van der Waals surface area contributed by atoms with Gasteiger partial charge in [-0.2, -0.15) is 0 Å². The molecule has 0 aliphatic carbocycles. The normalized spacial score (nSPS) is 11.7. The predicted octanol–water partition coefficient (Wildman–Crippen LogP) is 6.19. The monoisotopic (exact) mass is 458 g/mol. The van der Waals surface area contributed by atoms with Crippen LogP contribution >= 0.6 is 0 Å². The van der Waals surface area contributed by atoms with Crippen molar-refractivity contribution >= 4 is 17.9 Å². The van der Waals surface area contributed by atoms with E-state index in [9.17, 15) is 14.4 Å². The van der Waals surface area contributed by atoms with E-state index in [1.807, 2.05) is 6.08 Å². The molecule has 0 aromatic heterocycles. The summed E-state index contributed by atoms with van der Waals surface area (Å²) in [6, 6.07) is 8.78. The molecular weight excluding hydrogens is 420 g/mol. The Balaban J connectivity index is 2.18. The van der Waals surface area contributed by atoms with Crippen LogP contribution in [0.1, 0.15) is 88.2 Å². The van der Waals surface area contributed by atoms with Gasteiger partial charge in [0.1, 0.15) is 0 Å². The third-order valence-corrected chi connectivity index (χ3v) is 5.43. The lowest BCUT2D eigenvalue weighted by molar-refractivity contribution is -0.137. The van der Waals surface area contributed by atoms with E-state index in [4.69, 9.17) is 15.3 Å². The fourth-order valence-electron chi connectivity index (χ4n) is 3.75. The summed E-state index contributed by atoms with van der Waals surface area (Å²) in [6.45, 7) is 0. The van der Waals surface area contributed by atoms with Crippen molar-refractivity contribution in [1.82, 2.24) is 0 Å². The number of carboxylic acids is 3. The van der Waals surface area contributed by atoms with Gasteiger partial charge in [0, 0.05) is 12.5 Å². The Bertz CT molecular complexity index is 794. The zero-order chi connectivity index (χ0) is 24.3. The molecule has 3 N–H and O–H groups in total. The number of rotatable bonds is 19. The fraction of sp³-hybridized carbons (Fsp3) is 0.519. The number of hydrogen-bond donors (Lipinski definition) is 3. The molecule has 0 atom stereocenters. The first kappa shape index (κ1) is 28.1. The van der Waals surface area contributed by atoms with E-state index in [2.05, 4.69) is 24.3 Å². The average Bonchev–Trinajstić information content (AvgIpc) is 2.74. The lowest BCUT2D eigenvalue weighted by Gasteiger charge is -2.06. The molecule has 0 aliphatic heterocycles. The third-order valence-electron chi connectivity index (χ3n) is 5.43. The van der Waals surface area contributed by atoms with Crippen LogP contribution in [-0.2, 0) is 27.2 Å². The molecule has 0 saturated heterocycles. The lowest BCUT2D eigenvalue weighted by Crippen LogP contribution is -1.98. The van der Waals surface area contributed by atoms with Crippen molar-refractivity contribution in [2.45, 2.75) is 89.9 Å². The fourth-order valence-corrected chi connectivity index (χ4v) is 3.75. The summed E-state index contributed by atoms with van der Waals surface area (Å²) in [4.78, 5) is 32.0. The number of aliphatic carboxylic acids is 3. The van der Waals surface area contributed by atoms with Gasteiger partial charge in [-0.3, -0.25) is 9.59 Å². The predicted molar refractivity (Wildman–Crippen MR) is 129 cm³/mol. The van der Waals surface area contributed by atoms with E-state index in [1.165, 1.54) is 11.1 Å². The molecule has 0 amide bonds. The highest BCUT2D eigenvalue weighted by molar-refractivity contribution is 5.83. The highest BCUT2D eigenvalue weighted by atomic mass is 16.4. The zero-order valence-electron chi connectivity index (χ0n) is 19.5. The Labute approximate surface area is 197 Å². The summed E-state index contributed by atoms with van der Waals surface area (Å²) in [6.07, 6.45) is 16.8. The quantitative estimate of drug-likeness (QED) is 0.129. The first-order valence-electron chi connectivity index (χ1n) is 12.0. The van der Waals surface area contributed by atoms with Crippen LogP contribution in [0.4, 0.5) is 0 Å². The first-order chi connectivity index (χ1) is 15.9. The number of carboxylic acid groups (broad SMARTS) is 3. The first-order valence-corrected chi connectivity index (χ1v) is 12.0. The third kappa shape index (κ3) is 16.4. The van der Waals surface area contributed by atoms with Gasteiger partial charge in [-0.25, -0.2) is 4.79 Å². The zero-order valence-corrected chi connectivity index (χ0v) is 19.5. The van der Waals surface area contributed by atoms with Crippen LogP contribution in [0, 0.1) is 0 Å². The minimum Gasteiger partial charge on any atom is -0.481 e. The Kier molecular flexibility index (Phi) is 15.0. The van der Waals surface area contributed by atoms with Crippen LogP contribution < -0.4 is 0 Å². The number of carbonyl (C=O) groups is 3. The lowest BCUT2D eigenvalue weighted by atomic mass is 10.00. The van der Waals surface area contributed by atoms with E-state index in [0.717, 1.165) is 83.1 Å². The van der Waals surface area contributed by atoms with Gasteiger partial charge in [0.05, 0.1) is 6.42 Å². The van der Waals surface area contributed by atoms with Crippen molar-refractivity contribution < 1.29 is 29.7 Å². The maximum atomic E-state index is 10.8. The summed E-state index contributed by atoms with van der Waals surface area (Å²) < 4.78 is 0. The molecule has 0 aliphatic rings. The number of aryl methyl sites for hydroxylation is 2. The van der Waals surface area contributed by atoms with Crippen molar-refractivity contribution in [1.29, 1.82) is 0 Å². The molecule has 0 fully saturated rings. The van der Waals surface area contributed by atoms with E-state index in [-0.39, 0.29) is 12.8 Å². The van der Waals surface area contributed by atoms with E-state index in [1.54, 1.807) is 6.08 Å². The second-order valence-electron chi connectivity index (χ2n) is 8.46. The molecule has 0 bridgehead atoms. The number of hydrogen-bond acceptors (Lipinski definition) is 3. The Morgan fingerprint density at radius 1 is 0.727 bits per heavy atom. The molecule has 0 heterocycles. The molecule has 1 aromatic carbocycles. The summed E-state index contributed by atoms with van der Waals surface area (Å²) >= 11 is 0. The Morgan fingerprint density at radius 3 is 1.88 bits per heavy atom. The molecule has 1 aromatic rings. The number of unbranched alkanes of at least 4 members (excludes halogenated alkanes) is 8. The molecule has 6 heteroatoms. The van der Waals surface area contributed by atoms with Crippen LogP contribution in [0.5, 0.6) is 0 Å². The van der Waals surface area contributed by atoms with Gasteiger partial charge in [-0.1, -0.05) is 68.5 Å². The van der Waals surface area contributed by atoms with Crippen molar-refractivity contribution in [3.63, 3.8) is 0 Å². The highest BCUT2D eigenvalue weighted by Crippen LogP contribution is 2.15. The van der Waals surface area contributed by atoms with Crippen LogP contribution in [0.2, 0.25) is 0 Å². The second-order valence-corrected chi connectivity index (χ2v) is 8.46. The largest absolute Gasteiger partial charge is 0.481 e. The van der Waals surface area contributed by atoms with Gasteiger partial charge in [0.2, 0.25) is 0 Å². The van der Waals surface area contributed by atoms with Gasteiger partial charge in [0.25, 0.3) is 0 Å². The molecule has 0 saturated carbocycles. The second kappa shape index (κ2) is 17.6. The molecule has 33 heavy (non-hydrogen) atoms. The topological polar surface area (TPSA) is 112 Å². The van der Waals surface area contributed by atoms with Crippen LogP contribution in [-0.4, -0.2) is 33.2 Å². The number of allylic oxidation sites excluding steroid dienone is 2. The van der Waals surface area contributed by atoms with E-state index >= 15 is 0 Å². The highest BCUT2D eigenvalue weighted by Gasteiger charge is 2.03. The molecule has 0 unspecified atom stereocenters. The van der Waals surface area contributed by atoms with Crippen molar-refractivity contribution in [2.24, 2.45) is 0 Å².